The molecule has 1 aromatic rings. The van der Waals surface area contributed by atoms with E-state index in [-0.39, 0.29) is 0 Å². The summed E-state index contributed by atoms with van der Waals surface area (Å²) in [5.74, 6) is 0. The van der Waals surface area contributed by atoms with Crippen molar-refractivity contribution in [2.75, 3.05) is 10.1 Å². The SMILES string of the molecule is CC(C)(C)N(O)c1cc(Br)cc(N(O)C(C)(C)C)c1. The average Bonchev–Trinajstić information content (AvgIpc) is 2.23. The lowest BCUT2D eigenvalue weighted by Gasteiger charge is -2.34. The van der Waals surface area contributed by atoms with Crippen LogP contribution in [0.2, 0.25) is 0 Å². The molecule has 0 saturated carbocycles. The van der Waals surface area contributed by atoms with E-state index in [0.717, 1.165) is 4.47 Å². The summed E-state index contributed by atoms with van der Waals surface area (Å²) in [5, 5.41) is 22.8. The zero-order valence-corrected chi connectivity index (χ0v) is 14.0. The summed E-state index contributed by atoms with van der Waals surface area (Å²) in [6.45, 7) is 11.5. The number of anilines is 2. The molecule has 2 N–H and O–H groups in total. The van der Waals surface area contributed by atoms with Gasteiger partial charge in [0.25, 0.3) is 0 Å². The molecule has 0 radical (unpaired) electrons. The molecule has 108 valence electrons. The molecule has 0 aliphatic heterocycles. The summed E-state index contributed by atoms with van der Waals surface area (Å²) in [7, 11) is 0. The second-order valence-corrected chi connectivity index (χ2v) is 7.55. The van der Waals surface area contributed by atoms with Crippen molar-refractivity contribution in [2.24, 2.45) is 0 Å². The number of rotatable bonds is 2. The van der Waals surface area contributed by atoms with Gasteiger partial charge in [-0.1, -0.05) is 15.9 Å². The standard InChI is InChI=1S/C14H23BrN2O2/c1-13(2,3)16(18)11-7-10(15)8-12(9-11)17(19)14(4,5)6/h7-9,18-19H,1-6H3. The second-order valence-electron chi connectivity index (χ2n) is 6.63. The van der Waals surface area contributed by atoms with Gasteiger partial charge in [-0.15, -0.1) is 0 Å². The fourth-order valence-electron chi connectivity index (χ4n) is 1.58. The van der Waals surface area contributed by atoms with Gasteiger partial charge in [-0.2, -0.15) is 0 Å². The van der Waals surface area contributed by atoms with Crippen LogP contribution < -0.4 is 10.1 Å². The Hall–Kier alpha value is -0.780. The molecule has 0 atom stereocenters. The lowest BCUT2D eigenvalue weighted by Crippen LogP contribution is -2.40. The van der Waals surface area contributed by atoms with Gasteiger partial charge >= 0.3 is 0 Å². The Labute approximate surface area is 123 Å². The fraction of sp³-hybridized carbons (Fsp3) is 0.571. The molecule has 19 heavy (non-hydrogen) atoms. The summed E-state index contributed by atoms with van der Waals surface area (Å²) in [5.41, 5.74) is 0.417. The highest BCUT2D eigenvalue weighted by atomic mass is 79.9. The number of hydrogen-bond acceptors (Lipinski definition) is 4. The molecular formula is C14H23BrN2O2. The third kappa shape index (κ3) is 4.09. The normalized spacial score (nSPS) is 12.5. The summed E-state index contributed by atoms with van der Waals surface area (Å²) in [6.07, 6.45) is 0. The van der Waals surface area contributed by atoms with E-state index >= 15 is 0 Å². The molecule has 4 nitrogen and oxygen atoms in total. The average molecular weight is 331 g/mol. The van der Waals surface area contributed by atoms with Gasteiger partial charge < -0.3 is 0 Å². The van der Waals surface area contributed by atoms with Gasteiger partial charge in [0, 0.05) is 4.47 Å². The van der Waals surface area contributed by atoms with E-state index in [2.05, 4.69) is 15.9 Å². The lowest BCUT2D eigenvalue weighted by molar-refractivity contribution is 0.177. The van der Waals surface area contributed by atoms with E-state index < -0.39 is 11.1 Å². The summed E-state index contributed by atoms with van der Waals surface area (Å²) in [4.78, 5) is 0. The molecule has 0 unspecified atom stereocenters. The van der Waals surface area contributed by atoms with E-state index in [1.807, 2.05) is 53.7 Å². The largest absolute Gasteiger partial charge is 0.288 e. The minimum Gasteiger partial charge on any atom is -0.288 e. The van der Waals surface area contributed by atoms with E-state index in [4.69, 9.17) is 0 Å². The van der Waals surface area contributed by atoms with Crippen molar-refractivity contribution >= 4 is 27.3 Å². The number of hydrogen-bond donors (Lipinski definition) is 2. The maximum absolute atomic E-state index is 10.2. The predicted molar refractivity (Wildman–Crippen MR) is 82.2 cm³/mol. The smallest absolute Gasteiger partial charge is 0.0673 e. The van der Waals surface area contributed by atoms with Gasteiger partial charge in [-0.05, 0) is 59.7 Å². The van der Waals surface area contributed by atoms with Crippen LogP contribution >= 0.6 is 15.9 Å². The van der Waals surface area contributed by atoms with Crippen LogP contribution in [-0.4, -0.2) is 21.5 Å². The first-order chi connectivity index (χ1) is 8.43. The van der Waals surface area contributed by atoms with Crippen LogP contribution in [0.3, 0.4) is 0 Å². The third-order valence-corrected chi connectivity index (χ3v) is 3.09. The van der Waals surface area contributed by atoms with Gasteiger partial charge in [-0.25, -0.2) is 0 Å². The summed E-state index contributed by atoms with van der Waals surface area (Å²) in [6, 6.07) is 5.37. The quantitative estimate of drug-likeness (QED) is 0.787. The van der Waals surface area contributed by atoms with E-state index in [0.29, 0.717) is 11.4 Å². The first kappa shape index (κ1) is 16.3. The Morgan fingerprint density at radius 2 is 1.11 bits per heavy atom. The second kappa shape index (κ2) is 5.31. The molecule has 1 aromatic carbocycles. The highest BCUT2D eigenvalue weighted by Gasteiger charge is 2.24. The molecular weight excluding hydrogens is 308 g/mol. The molecule has 0 bridgehead atoms. The van der Waals surface area contributed by atoms with Gasteiger partial charge in [0.15, 0.2) is 0 Å². The van der Waals surface area contributed by atoms with Crippen LogP contribution in [0.5, 0.6) is 0 Å². The van der Waals surface area contributed by atoms with Crippen molar-refractivity contribution < 1.29 is 10.4 Å². The van der Waals surface area contributed by atoms with E-state index in [1.165, 1.54) is 10.1 Å². The van der Waals surface area contributed by atoms with Crippen LogP contribution in [-0.2, 0) is 0 Å². The van der Waals surface area contributed by atoms with Crippen molar-refractivity contribution in [3.8, 4) is 0 Å². The van der Waals surface area contributed by atoms with Crippen LogP contribution in [0.1, 0.15) is 41.5 Å². The number of hydroxylamine groups is 2. The molecule has 0 amide bonds. The number of benzene rings is 1. The monoisotopic (exact) mass is 330 g/mol. The molecule has 0 aliphatic rings. The van der Waals surface area contributed by atoms with Crippen LogP contribution in [0.15, 0.2) is 22.7 Å². The Morgan fingerprint density at radius 3 is 1.37 bits per heavy atom. The summed E-state index contributed by atoms with van der Waals surface area (Å²) >= 11 is 3.41. The molecule has 1 rings (SSSR count). The predicted octanol–water partition coefficient (Wildman–Crippen LogP) is 4.44. The third-order valence-electron chi connectivity index (χ3n) is 2.63. The van der Waals surface area contributed by atoms with Crippen molar-refractivity contribution in [3.05, 3.63) is 22.7 Å². The van der Waals surface area contributed by atoms with Gasteiger partial charge in [0.1, 0.15) is 0 Å². The maximum atomic E-state index is 10.2. The molecule has 0 aliphatic carbocycles. The zero-order valence-electron chi connectivity index (χ0n) is 12.4. The Morgan fingerprint density at radius 1 is 0.789 bits per heavy atom. The highest BCUT2D eigenvalue weighted by Crippen LogP contribution is 2.32. The topological polar surface area (TPSA) is 46.9 Å². The van der Waals surface area contributed by atoms with Crippen molar-refractivity contribution in [1.82, 2.24) is 0 Å². The summed E-state index contributed by atoms with van der Waals surface area (Å²) < 4.78 is 0.798. The molecule has 0 heterocycles. The van der Waals surface area contributed by atoms with E-state index in [1.54, 1.807) is 6.07 Å². The number of nitrogens with zero attached hydrogens (tertiary/aromatic N) is 2. The fourth-order valence-corrected chi connectivity index (χ4v) is 2.05. The molecule has 0 fully saturated rings. The lowest BCUT2D eigenvalue weighted by atomic mass is 10.1. The molecule has 0 spiro atoms. The highest BCUT2D eigenvalue weighted by molar-refractivity contribution is 9.10. The van der Waals surface area contributed by atoms with Crippen molar-refractivity contribution in [2.45, 2.75) is 52.6 Å². The molecule has 5 heteroatoms. The molecule has 0 aromatic heterocycles. The van der Waals surface area contributed by atoms with Gasteiger partial charge in [0.2, 0.25) is 0 Å². The Balaban J connectivity index is 3.22. The van der Waals surface area contributed by atoms with Crippen LogP contribution in [0, 0.1) is 0 Å². The first-order valence-corrected chi connectivity index (χ1v) is 7.01. The van der Waals surface area contributed by atoms with E-state index in [9.17, 15) is 10.4 Å². The van der Waals surface area contributed by atoms with Crippen LogP contribution in [0.25, 0.3) is 0 Å². The molecule has 0 saturated heterocycles. The minimum absolute atomic E-state index is 0.417. The Kier molecular flexibility index (Phi) is 4.55. The van der Waals surface area contributed by atoms with Crippen molar-refractivity contribution in [3.63, 3.8) is 0 Å². The first-order valence-electron chi connectivity index (χ1n) is 6.22. The Bertz CT molecular complexity index is 411. The van der Waals surface area contributed by atoms with Gasteiger partial charge in [-0.3, -0.25) is 20.5 Å². The maximum Gasteiger partial charge on any atom is 0.0673 e. The minimum atomic E-state index is -0.417. The zero-order chi connectivity index (χ0) is 15.0. The number of halogens is 1. The van der Waals surface area contributed by atoms with Crippen molar-refractivity contribution in [1.29, 1.82) is 0 Å². The van der Waals surface area contributed by atoms with Gasteiger partial charge in [0.05, 0.1) is 22.5 Å². The van der Waals surface area contributed by atoms with Crippen LogP contribution in [0.4, 0.5) is 11.4 Å².